The molecule has 1 amide bonds. The number of amides is 1. The number of carbonyl (C=O) groups is 2. The molecule has 6 heteroatoms. The highest BCUT2D eigenvalue weighted by atomic mass is 16.5. The highest BCUT2D eigenvalue weighted by Gasteiger charge is 2.13. The number of carbonyl (C=O) groups excluding carboxylic acids is 1. The van der Waals surface area contributed by atoms with Crippen molar-refractivity contribution in [1.82, 2.24) is 5.16 Å². The lowest BCUT2D eigenvalue weighted by Gasteiger charge is -2.08. The van der Waals surface area contributed by atoms with Crippen molar-refractivity contribution in [1.29, 1.82) is 0 Å². The zero-order chi connectivity index (χ0) is 19.4. The van der Waals surface area contributed by atoms with Gasteiger partial charge in [0.05, 0.1) is 16.9 Å². The fourth-order valence-corrected chi connectivity index (χ4v) is 2.98. The third-order valence-corrected chi connectivity index (χ3v) is 4.35. The fourth-order valence-electron chi connectivity index (χ4n) is 2.98. The van der Waals surface area contributed by atoms with Gasteiger partial charge in [0.1, 0.15) is 5.76 Å². The number of nitrogens with one attached hydrogen (secondary N) is 1. The van der Waals surface area contributed by atoms with Gasteiger partial charge in [-0.25, -0.2) is 4.79 Å². The van der Waals surface area contributed by atoms with Crippen LogP contribution in [-0.2, 0) is 11.2 Å². The van der Waals surface area contributed by atoms with Crippen molar-refractivity contribution < 1.29 is 19.2 Å². The first-order chi connectivity index (χ1) is 13.0. The molecule has 2 aromatic carbocycles. The van der Waals surface area contributed by atoms with Gasteiger partial charge in [-0.15, -0.1) is 0 Å². The van der Waals surface area contributed by atoms with Gasteiger partial charge in [0, 0.05) is 12.0 Å². The Morgan fingerprint density at radius 2 is 1.78 bits per heavy atom. The van der Waals surface area contributed by atoms with E-state index < -0.39 is 5.97 Å². The minimum absolute atomic E-state index is 0.0784. The molecule has 138 valence electrons. The van der Waals surface area contributed by atoms with Gasteiger partial charge in [-0.2, -0.15) is 0 Å². The van der Waals surface area contributed by atoms with Crippen LogP contribution < -0.4 is 5.32 Å². The molecule has 0 atom stereocenters. The summed E-state index contributed by atoms with van der Waals surface area (Å²) in [5.41, 5.74) is 4.27. The number of aromatic nitrogens is 1. The monoisotopic (exact) mass is 364 g/mol. The Hall–Kier alpha value is -3.41. The van der Waals surface area contributed by atoms with Crippen LogP contribution in [0.15, 0.2) is 53.1 Å². The van der Waals surface area contributed by atoms with E-state index in [4.69, 9.17) is 9.63 Å². The average molecular weight is 364 g/mol. The standard InChI is InChI=1S/C21H20N2O4/c1-13-20(14(2)27-23-13)16-10-7-15(8-11-16)9-12-19(24)22-18-6-4-3-5-17(18)21(25)26/h3-8,10-11H,9,12H2,1-2H3,(H,22,24)(H,25,26). The smallest absolute Gasteiger partial charge is 0.337 e. The molecule has 0 aliphatic rings. The van der Waals surface area contributed by atoms with Crippen molar-refractivity contribution in [2.24, 2.45) is 0 Å². The number of aromatic carboxylic acids is 1. The summed E-state index contributed by atoms with van der Waals surface area (Å²) in [5.74, 6) is -0.518. The van der Waals surface area contributed by atoms with E-state index in [-0.39, 0.29) is 17.9 Å². The summed E-state index contributed by atoms with van der Waals surface area (Å²) in [7, 11) is 0. The van der Waals surface area contributed by atoms with Crippen LogP contribution >= 0.6 is 0 Å². The SMILES string of the molecule is Cc1noc(C)c1-c1ccc(CCC(=O)Nc2ccccc2C(=O)O)cc1. The fraction of sp³-hybridized carbons (Fsp3) is 0.190. The molecule has 6 nitrogen and oxygen atoms in total. The molecule has 0 saturated carbocycles. The Kier molecular flexibility index (Phi) is 5.35. The average Bonchev–Trinajstić information content (AvgIpc) is 2.99. The lowest BCUT2D eigenvalue weighted by atomic mass is 10.0. The molecule has 0 saturated heterocycles. The minimum Gasteiger partial charge on any atom is -0.478 e. The molecular formula is C21H20N2O4. The van der Waals surface area contributed by atoms with E-state index >= 15 is 0 Å². The van der Waals surface area contributed by atoms with Gasteiger partial charge in [-0.3, -0.25) is 4.79 Å². The van der Waals surface area contributed by atoms with Gasteiger partial charge in [0.25, 0.3) is 0 Å². The number of carboxylic acids is 1. The van der Waals surface area contributed by atoms with Crippen LogP contribution in [0, 0.1) is 13.8 Å². The lowest BCUT2D eigenvalue weighted by molar-refractivity contribution is -0.116. The summed E-state index contributed by atoms with van der Waals surface area (Å²) in [4.78, 5) is 23.4. The van der Waals surface area contributed by atoms with Gasteiger partial charge in [0.15, 0.2) is 0 Å². The number of hydrogen-bond acceptors (Lipinski definition) is 4. The third kappa shape index (κ3) is 4.23. The Labute approximate surface area is 156 Å². The van der Waals surface area contributed by atoms with Crippen LogP contribution in [0.4, 0.5) is 5.69 Å². The predicted octanol–water partition coefficient (Wildman–Crippen LogP) is 4.23. The van der Waals surface area contributed by atoms with Crippen molar-refractivity contribution in [3.05, 3.63) is 71.1 Å². The van der Waals surface area contributed by atoms with E-state index in [0.29, 0.717) is 12.1 Å². The maximum atomic E-state index is 12.2. The quantitative estimate of drug-likeness (QED) is 0.683. The number of nitrogens with zero attached hydrogens (tertiary/aromatic N) is 1. The topological polar surface area (TPSA) is 92.4 Å². The molecule has 2 N–H and O–H groups in total. The summed E-state index contributed by atoms with van der Waals surface area (Å²) in [6.45, 7) is 3.78. The van der Waals surface area contributed by atoms with Gasteiger partial charge in [-0.1, -0.05) is 41.6 Å². The van der Waals surface area contributed by atoms with Crippen molar-refractivity contribution in [2.75, 3.05) is 5.32 Å². The van der Waals surface area contributed by atoms with Crippen LogP contribution in [0.25, 0.3) is 11.1 Å². The van der Waals surface area contributed by atoms with Crippen molar-refractivity contribution >= 4 is 17.6 Å². The first kappa shape index (κ1) is 18.4. The highest BCUT2D eigenvalue weighted by Crippen LogP contribution is 2.27. The number of para-hydroxylation sites is 1. The van der Waals surface area contributed by atoms with E-state index in [0.717, 1.165) is 28.1 Å². The van der Waals surface area contributed by atoms with Crippen LogP contribution in [-0.4, -0.2) is 22.1 Å². The van der Waals surface area contributed by atoms with Crippen LogP contribution in [0.3, 0.4) is 0 Å². The summed E-state index contributed by atoms with van der Waals surface area (Å²) >= 11 is 0. The third-order valence-electron chi connectivity index (χ3n) is 4.35. The maximum Gasteiger partial charge on any atom is 0.337 e. The number of hydrogen-bond donors (Lipinski definition) is 2. The zero-order valence-corrected chi connectivity index (χ0v) is 15.2. The first-order valence-corrected chi connectivity index (χ1v) is 8.60. The molecule has 1 aromatic heterocycles. The van der Waals surface area contributed by atoms with Crippen molar-refractivity contribution in [2.45, 2.75) is 26.7 Å². The molecule has 0 fully saturated rings. The van der Waals surface area contributed by atoms with E-state index in [1.807, 2.05) is 38.1 Å². The Balaban J connectivity index is 1.62. The summed E-state index contributed by atoms with van der Waals surface area (Å²) in [6, 6.07) is 14.3. The van der Waals surface area contributed by atoms with E-state index in [1.165, 1.54) is 6.07 Å². The molecule has 0 spiro atoms. The van der Waals surface area contributed by atoms with E-state index in [9.17, 15) is 9.59 Å². The number of anilines is 1. The number of rotatable bonds is 6. The van der Waals surface area contributed by atoms with Crippen LogP contribution in [0.2, 0.25) is 0 Å². The number of aryl methyl sites for hydroxylation is 3. The molecule has 0 aliphatic heterocycles. The molecule has 3 rings (SSSR count). The predicted molar refractivity (Wildman–Crippen MR) is 102 cm³/mol. The molecule has 0 aliphatic carbocycles. The van der Waals surface area contributed by atoms with Crippen LogP contribution in [0.1, 0.15) is 33.8 Å². The van der Waals surface area contributed by atoms with Crippen LogP contribution in [0.5, 0.6) is 0 Å². The molecule has 0 radical (unpaired) electrons. The van der Waals surface area contributed by atoms with Gasteiger partial charge in [-0.05, 0) is 43.5 Å². The van der Waals surface area contributed by atoms with E-state index in [2.05, 4.69) is 10.5 Å². The number of carboxylic acid groups (broad SMARTS) is 1. The Morgan fingerprint density at radius 1 is 1.07 bits per heavy atom. The largest absolute Gasteiger partial charge is 0.478 e. The van der Waals surface area contributed by atoms with E-state index in [1.54, 1.807) is 18.2 Å². The molecule has 3 aromatic rings. The van der Waals surface area contributed by atoms with Gasteiger partial charge in [0.2, 0.25) is 5.91 Å². The first-order valence-electron chi connectivity index (χ1n) is 8.60. The summed E-state index contributed by atoms with van der Waals surface area (Å²) in [6.07, 6.45) is 0.821. The lowest BCUT2D eigenvalue weighted by Crippen LogP contribution is -2.15. The van der Waals surface area contributed by atoms with Crippen molar-refractivity contribution in [3.8, 4) is 11.1 Å². The highest BCUT2D eigenvalue weighted by molar-refractivity contribution is 6.00. The molecule has 27 heavy (non-hydrogen) atoms. The molecule has 0 unspecified atom stereocenters. The second kappa shape index (κ2) is 7.86. The molecular weight excluding hydrogens is 344 g/mol. The Morgan fingerprint density at radius 3 is 2.41 bits per heavy atom. The van der Waals surface area contributed by atoms with Gasteiger partial charge >= 0.3 is 5.97 Å². The normalized spacial score (nSPS) is 10.6. The van der Waals surface area contributed by atoms with Gasteiger partial charge < -0.3 is 14.9 Å². The second-order valence-electron chi connectivity index (χ2n) is 6.30. The second-order valence-corrected chi connectivity index (χ2v) is 6.30. The number of benzene rings is 2. The Bertz CT molecular complexity index is 955. The summed E-state index contributed by atoms with van der Waals surface area (Å²) in [5, 5.41) is 15.8. The zero-order valence-electron chi connectivity index (χ0n) is 15.2. The summed E-state index contributed by atoms with van der Waals surface area (Å²) < 4.78 is 5.20. The minimum atomic E-state index is -1.07. The molecule has 0 bridgehead atoms. The van der Waals surface area contributed by atoms with Crippen molar-refractivity contribution in [3.63, 3.8) is 0 Å². The molecule has 1 heterocycles. The maximum absolute atomic E-state index is 12.2.